The average Bonchev–Trinajstić information content (AvgIpc) is 2.33. The molecule has 1 aromatic heterocycles. The molecule has 1 heterocycles. The molecule has 0 saturated carbocycles. The van der Waals surface area contributed by atoms with Crippen LogP contribution in [0.3, 0.4) is 0 Å². The zero-order valence-corrected chi connectivity index (χ0v) is 6.99. The van der Waals surface area contributed by atoms with Crippen LogP contribution in [0.2, 0.25) is 0 Å². The van der Waals surface area contributed by atoms with Crippen molar-refractivity contribution in [1.29, 1.82) is 0 Å². The summed E-state index contributed by atoms with van der Waals surface area (Å²) in [5.74, 6) is 0. The van der Waals surface area contributed by atoms with E-state index in [1.807, 2.05) is 24.3 Å². The van der Waals surface area contributed by atoms with Crippen molar-refractivity contribution in [2.75, 3.05) is 0 Å². The third-order valence-electron chi connectivity index (χ3n) is 1.39. The van der Waals surface area contributed by atoms with Gasteiger partial charge in [0, 0.05) is 10.8 Å². The van der Waals surface area contributed by atoms with E-state index in [0.717, 1.165) is 10.8 Å². The Morgan fingerprint density at radius 1 is 0.900 bits per heavy atom. The largest absolute Gasteiger partial charge is 0.471 e. The number of halogens is 1. The van der Waals surface area contributed by atoms with Crippen LogP contribution in [0.4, 0.5) is 0 Å². The van der Waals surface area contributed by atoms with Crippen LogP contribution in [0.5, 0.6) is 0 Å². The van der Waals surface area contributed by atoms with Crippen molar-refractivity contribution in [2.24, 2.45) is 0 Å². The fraction of sp³-hybridized carbons (Fsp3) is 0. The van der Waals surface area contributed by atoms with Gasteiger partial charge in [0.15, 0.2) is 0 Å². The van der Waals surface area contributed by atoms with Gasteiger partial charge < -0.3 is 4.42 Å². The van der Waals surface area contributed by atoms with Gasteiger partial charge in [0.2, 0.25) is 0 Å². The fourth-order valence-electron chi connectivity index (χ4n) is 0.906. The Bertz CT molecular complexity index is 283. The highest BCUT2D eigenvalue weighted by Crippen LogP contribution is 2.12. The van der Waals surface area contributed by atoms with Gasteiger partial charge in [0.25, 0.3) is 0 Å². The Morgan fingerprint density at radius 3 is 1.90 bits per heavy atom. The van der Waals surface area contributed by atoms with Crippen molar-refractivity contribution in [3.63, 3.8) is 0 Å². The maximum Gasteiger partial charge on any atom is 0.0981 e. The van der Waals surface area contributed by atoms with Crippen molar-refractivity contribution in [1.82, 2.24) is 0 Å². The monoisotopic (exact) mass is 198 g/mol. The van der Waals surface area contributed by atoms with E-state index in [2.05, 4.69) is 0 Å². The van der Waals surface area contributed by atoms with Crippen LogP contribution < -0.4 is 0 Å². The molecule has 10 heavy (non-hydrogen) atoms. The summed E-state index contributed by atoms with van der Waals surface area (Å²) in [7, 11) is 0. The SMILES string of the molecule is Br.c1ccc2cocc2c1. The lowest BCUT2D eigenvalue weighted by Crippen LogP contribution is -1.57. The zero-order chi connectivity index (χ0) is 6.10. The van der Waals surface area contributed by atoms with E-state index in [4.69, 9.17) is 4.42 Å². The second-order valence-electron chi connectivity index (χ2n) is 2.00. The van der Waals surface area contributed by atoms with Gasteiger partial charge in [-0.15, -0.1) is 17.0 Å². The molecule has 0 aliphatic heterocycles. The fourth-order valence-corrected chi connectivity index (χ4v) is 0.906. The van der Waals surface area contributed by atoms with E-state index >= 15 is 0 Å². The van der Waals surface area contributed by atoms with Gasteiger partial charge in [0.1, 0.15) is 0 Å². The van der Waals surface area contributed by atoms with Crippen LogP contribution in [0.25, 0.3) is 10.8 Å². The van der Waals surface area contributed by atoms with E-state index in [-0.39, 0.29) is 17.0 Å². The Balaban J connectivity index is 0.000000500. The summed E-state index contributed by atoms with van der Waals surface area (Å²) in [6, 6.07) is 8.05. The first-order valence-electron chi connectivity index (χ1n) is 2.88. The molecule has 0 fully saturated rings. The van der Waals surface area contributed by atoms with Gasteiger partial charge in [-0.2, -0.15) is 0 Å². The molecule has 2 aromatic rings. The van der Waals surface area contributed by atoms with Crippen molar-refractivity contribution in [3.05, 3.63) is 36.8 Å². The predicted octanol–water partition coefficient (Wildman–Crippen LogP) is 3.01. The lowest BCUT2D eigenvalue weighted by atomic mass is 10.2. The van der Waals surface area contributed by atoms with Crippen molar-refractivity contribution < 1.29 is 4.42 Å². The van der Waals surface area contributed by atoms with Crippen molar-refractivity contribution >= 4 is 27.8 Å². The third-order valence-corrected chi connectivity index (χ3v) is 1.39. The topological polar surface area (TPSA) is 13.1 Å². The van der Waals surface area contributed by atoms with Crippen LogP contribution in [-0.4, -0.2) is 0 Å². The molecule has 52 valence electrons. The third kappa shape index (κ3) is 1.07. The van der Waals surface area contributed by atoms with Gasteiger partial charge >= 0.3 is 0 Å². The smallest absolute Gasteiger partial charge is 0.0981 e. The Kier molecular flexibility index (Phi) is 2.12. The number of fused-ring (bicyclic) bond motifs is 1. The molecule has 0 unspecified atom stereocenters. The van der Waals surface area contributed by atoms with Gasteiger partial charge in [-0.25, -0.2) is 0 Å². The molecule has 0 N–H and O–H groups in total. The van der Waals surface area contributed by atoms with Crippen molar-refractivity contribution in [3.8, 4) is 0 Å². The highest BCUT2D eigenvalue weighted by Gasteiger charge is 1.89. The molecule has 2 rings (SSSR count). The van der Waals surface area contributed by atoms with Crippen LogP contribution in [0.1, 0.15) is 0 Å². The molecule has 1 nitrogen and oxygen atoms in total. The maximum absolute atomic E-state index is 4.96. The minimum absolute atomic E-state index is 0. The molecule has 0 atom stereocenters. The standard InChI is InChI=1S/C8H6O.BrH/c1-2-4-8-6-9-5-7(8)3-1;/h1-6H;1H. The molecule has 0 aliphatic carbocycles. The summed E-state index contributed by atoms with van der Waals surface area (Å²) in [5, 5.41) is 2.33. The highest BCUT2D eigenvalue weighted by molar-refractivity contribution is 8.93. The van der Waals surface area contributed by atoms with E-state index in [1.54, 1.807) is 12.5 Å². The number of hydrogen-bond donors (Lipinski definition) is 0. The minimum Gasteiger partial charge on any atom is -0.471 e. The molecular weight excluding hydrogens is 192 g/mol. The van der Waals surface area contributed by atoms with Gasteiger partial charge in [0.05, 0.1) is 12.5 Å². The summed E-state index contributed by atoms with van der Waals surface area (Å²) in [5.41, 5.74) is 0. The summed E-state index contributed by atoms with van der Waals surface area (Å²) in [4.78, 5) is 0. The van der Waals surface area contributed by atoms with E-state index in [0.29, 0.717) is 0 Å². The normalized spacial score (nSPS) is 9.20. The molecule has 0 amide bonds. The first-order chi connectivity index (χ1) is 4.47. The molecule has 1 aromatic carbocycles. The maximum atomic E-state index is 4.96. The summed E-state index contributed by atoms with van der Waals surface area (Å²) in [6.45, 7) is 0. The van der Waals surface area contributed by atoms with Gasteiger partial charge in [-0.05, 0) is 0 Å². The minimum atomic E-state index is 0. The molecular formula is C8H7BrO. The van der Waals surface area contributed by atoms with E-state index in [9.17, 15) is 0 Å². The van der Waals surface area contributed by atoms with Crippen molar-refractivity contribution in [2.45, 2.75) is 0 Å². The lowest BCUT2D eigenvalue weighted by Gasteiger charge is -1.80. The first kappa shape index (κ1) is 7.35. The van der Waals surface area contributed by atoms with Crippen LogP contribution in [0.15, 0.2) is 41.2 Å². The summed E-state index contributed by atoms with van der Waals surface area (Å²) < 4.78 is 4.96. The summed E-state index contributed by atoms with van der Waals surface area (Å²) in [6.07, 6.45) is 3.49. The first-order valence-corrected chi connectivity index (χ1v) is 2.88. The molecule has 0 radical (unpaired) electrons. The molecule has 0 aliphatic rings. The van der Waals surface area contributed by atoms with E-state index in [1.165, 1.54) is 0 Å². The van der Waals surface area contributed by atoms with Crippen LogP contribution in [0, 0.1) is 0 Å². The lowest BCUT2D eigenvalue weighted by molar-refractivity contribution is 0.572. The van der Waals surface area contributed by atoms with Gasteiger partial charge in [-0.1, -0.05) is 24.3 Å². The second kappa shape index (κ2) is 2.88. The predicted molar refractivity (Wildman–Crippen MR) is 46.5 cm³/mol. The quantitative estimate of drug-likeness (QED) is 0.635. The van der Waals surface area contributed by atoms with Crippen LogP contribution in [-0.2, 0) is 0 Å². The second-order valence-corrected chi connectivity index (χ2v) is 2.00. The molecule has 0 saturated heterocycles. The Labute approximate surface area is 69.4 Å². The molecule has 0 spiro atoms. The number of rotatable bonds is 0. The summed E-state index contributed by atoms with van der Waals surface area (Å²) >= 11 is 0. The number of benzene rings is 1. The van der Waals surface area contributed by atoms with E-state index < -0.39 is 0 Å². The number of hydrogen-bond acceptors (Lipinski definition) is 1. The Morgan fingerprint density at radius 2 is 1.40 bits per heavy atom. The molecule has 2 heteroatoms. The van der Waals surface area contributed by atoms with Gasteiger partial charge in [-0.3, -0.25) is 0 Å². The highest BCUT2D eigenvalue weighted by atomic mass is 79.9. The zero-order valence-electron chi connectivity index (χ0n) is 5.28. The molecule has 0 bridgehead atoms. The van der Waals surface area contributed by atoms with Crippen LogP contribution >= 0.6 is 17.0 Å². The average molecular weight is 199 g/mol. The Hall–Kier alpha value is -0.760. The number of furan rings is 1.